The predicted molar refractivity (Wildman–Crippen MR) is 112 cm³/mol. The first kappa shape index (κ1) is 24.4. The molecule has 0 spiro atoms. The summed E-state index contributed by atoms with van der Waals surface area (Å²) in [7, 11) is 0.0105. The lowest BCUT2D eigenvalue weighted by Crippen LogP contribution is -2.37. The van der Waals surface area contributed by atoms with Gasteiger partial charge in [-0.25, -0.2) is 4.79 Å². The van der Waals surface area contributed by atoms with E-state index < -0.39 is 48.0 Å². The molecule has 0 aliphatic carbocycles. The number of aromatic nitrogens is 2. The molecule has 3 heterocycles. The van der Waals surface area contributed by atoms with E-state index in [4.69, 9.17) is 14.6 Å². The van der Waals surface area contributed by atoms with Gasteiger partial charge in [0, 0.05) is 18.9 Å². The summed E-state index contributed by atoms with van der Waals surface area (Å²) in [6.07, 6.45) is -3.11. The standard InChI is InChI=1S/C19H30N2O9S/c22-7-12(23)11-9-31(10-13(11)24)6-2-1-5-29-8-14-16(26)17(27)18(30-14)21-4-3-15(25)20-19(21)28/h3-4,11-14,16-18,22-24,26-27H,1-2,5-10H2/p+1/t11-,12-,13-,14-,16-,17-,18-,31?/m1/s1. The van der Waals surface area contributed by atoms with Gasteiger partial charge in [0.25, 0.3) is 5.56 Å². The maximum Gasteiger partial charge on any atom is 0.330 e. The average Bonchev–Trinajstić information content (AvgIpc) is 3.24. The summed E-state index contributed by atoms with van der Waals surface area (Å²) in [5.74, 6) is 2.01. The van der Waals surface area contributed by atoms with Crippen molar-refractivity contribution in [1.29, 1.82) is 0 Å². The van der Waals surface area contributed by atoms with E-state index in [-0.39, 0.29) is 30.0 Å². The Hall–Kier alpha value is -1.25. The lowest BCUT2D eigenvalue weighted by atomic mass is 10.0. The number of nitrogens with zero attached hydrogens (tertiary/aromatic N) is 1. The molecule has 11 nitrogen and oxygen atoms in total. The third-order valence-corrected chi connectivity index (χ3v) is 8.26. The summed E-state index contributed by atoms with van der Waals surface area (Å²) in [6, 6.07) is 1.13. The van der Waals surface area contributed by atoms with Gasteiger partial charge in [0.15, 0.2) is 6.23 Å². The first-order valence-corrected chi connectivity index (χ1v) is 12.1. The second kappa shape index (κ2) is 11.1. The van der Waals surface area contributed by atoms with Crippen molar-refractivity contribution in [3.63, 3.8) is 0 Å². The highest BCUT2D eigenvalue weighted by molar-refractivity contribution is 7.97. The molecular formula is C19H31N2O9S+. The number of hydrogen-bond donors (Lipinski definition) is 6. The van der Waals surface area contributed by atoms with Crippen LogP contribution in [0.5, 0.6) is 0 Å². The zero-order valence-corrected chi connectivity index (χ0v) is 17.9. The normalized spacial score (nSPS) is 34.3. The van der Waals surface area contributed by atoms with Crippen LogP contribution < -0.4 is 11.2 Å². The van der Waals surface area contributed by atoms with Crippen LogP contribution in [-0.2, 0) is 20.4 Å². The van der Waals surface area contributed by atoms with Gasteiger partial charge >= 0.3 is 5.69 Å². The number of unbranched alkanes of at least 4 members (excludes halogenated alkanes) is 1. The molecule has 2 aliphatic rings. The topological polar surface area (TPSA) is 174 Å². The number of aliphatic hydroxyl groups is 5. The van der Waals surface area contributed by atoms with E-state index in [1.54, 1.807) is 0 Å². The lowest BCUT2D eigenvalue weighted by Gasteiger charge is -2.16. The second-order valence-corrected chi connectivity index (χ2v) is 10.3. The Kier molecular flexibility index (Phi) is 8.70. The van der Waals surface area contributed by atoms with E-state index in [0.29, 0.717) is 12.4 Å². The van der Waals surface area contributed by atoms with E-state index >= 15 is 0 Å². The zero-order valence-electron chi connectivity index (χ0n) is 17.1. The molecule has 8 atom stereocenters. The van der Waals surface area contributed by atoms with E-state index in [2.05, 4.69) is 4.98 Å². The number of nitrogens with one attached hydrogen (secondary N) is 1. The molecule has 0 radical (unpaired) electrons. The smallest absolute Gasteiger partial charge is 0.330 e. The molecule has 0 bridgehead atoms. The lowest BCUT2D eigenvalue weighted by molar-refractivity contribution is -0.0685. The number of ether oxygens (including phenoxy) is 2. The van der Waals surface area contributed by atoms with Gasteiger partial charge < -0.3 is 35.0 Å². The van der Waals surface area contributed by atoms with Crippen molar-refractivity contribution in [2.24, 2.45) is 5.92 Å². The minimum Gasteiger partial charge on any atom is -0.394 e. The summed E-state index contributed by atoms with van der Waals surface area (Å²) >= 11 is 0. The van der Waals surface area contributed by atoms with Gasteiger partial charge in [-0.3, -0.25) is 14.3 Å². The van der Waals surface area contributed by atoms with Crippen LogP contribution in [0, 0.1) is 5.92 Å². The Morgan fingerprint density at radius 1 is 1.23 bits per heavy atom. The third kappa shape index (κ3) is 5.96. The van der Waals surface area contributed by atoms with Gasteiger partial charge in [0.05, 0.1) is 25.2 Å². The molecule has 2 saturated heterocycles. The van der Waals surface area contributed by atoms with E-state index in [1.807, 2.05) is 0 Å². The molecular weight excluding hydrogens is 432 g/mol. The highest BCUT2D eigenvalue weighted by Crippen LogP contribution is 2.28. The van der Waals surface area contributed by atoms with Crippen LogP contribution in [0.3, 0.4) is 0 Å². The van der Waals surface area contributed by atoms with Gasteiger partial charge in [0.2, 0.25) is 0 Å². The SMILES string of the molecule is O=c1ccn([C@@H]2O[C@H](COCCCC[S+]3C[C@H]([C@H](O)CO)[C@H](O)C3)[C@@H](O)[C@H]2O)c(=O)[nH]1. The number of hydrogen-bond acceptors (Lipinski definition) is 9. The summed E-state index contributed by atoms with van der Waals surface area (Å²) in [6.45, 7) is 0.130. The van der Waals surface area contributed by atoms with Crippen molar-refractivity contribution in [1.82, 2.24) is 9.55 Å². The first-order valence-electron chi connectivity index (χ1n) is 10.3. The minimum absolute atomic E-state index is 0.0105. The molecule has 1 aromatic heterocycles. The summed E-state index contributed by atoms with van der Waals surface area (Å²) in [5, 5.41) is 49.2. The van der Waals surface area contributed by atoms with Crippen LogP contribution in [0.2, 0.25) is 0 Å². The first-order chi connectivity index (χ1) is 14.8. The third-order valence-electron chi connectivity index (χ3n) is 5.73. The van der Waals surface area contributed by atoms with Crippen molar-refractivity contribution in [2.75, 3.05) is 37.1 Å². The van der Waals surface area contributed by atoms with Gasteiger partial charge in [-0.2, -0.15) is 0 Å². The fourth-order valence-electron chi connectivity index (χ4n) is 3.92. The molecule has 2 aliphatic heterocycles. The predicted octanol–water partition coefficient (Wildman–Crippen LogP) is -3.09. The molecule has 3 rings (SSSR count). The Labute approximate surface area is 181 Å². The van der Waals surface area contributed by atoms with Crippen LogP contribution in [0.1, 0.15) is 19.1 Å². The fourth-order valence-corrected chi connectivity index (χ4v) is 6.72. The Morgan fingerprint density at radius 3 is 2.71 bits per heavy atom. The number of H-pyrrole nitrogens is 1. The van der Waals surface area contributed by atoms with E-state index in [0.717, 1.165) is 35.0 Å². The van der Waals surface area contributed by atoms with E-state index in [1.165, 1.54) is 6.20 Å². The van der Waals surface area contributed by atoms with Crippen molar-refractivity contribution in [3.05, 3.63) is 33.1 Å². The maximum atomic E-state index is 11.9. The Morgan fingerprint density at radius 2 is 2.00 bits per heavy atom. The molecule has 12 heteroatoms. The fraction of sp³-hybridized carbons (Fsp3) is 0.789. The molecule has 1 unspecified atom stereocenters. The number of aliphatic hydroxyl groups excluding tert-OH is 5. The summed E-state index contributed by atoms with van der Waals surface area (Å²) in [4.78, 5) is 25.1. The highest BCUT2D eigenvalue weighted by atomic mass is 32.2. The molecule has 0 amide bonds. The van der Waals surface area contributed by atoms with Crippen LogP contribution in [0.25, 0.3) is 0 Å². The molecule has 1 aromatic rings. The average molecular weight is 464 g/mol. The Bertz CT molecular complexity index is 818. The summed E-state index contributed by atoms with van der Waals surface area (Å²) < 4.78 is 12.2. The van der Waals surface area contributed by atoms with Crippen LogP contribution >= 0.6 is 0 Å². The van der Waals surface area contributed by atoms with Gasteiger partial charge in [0.1, 0.15) is 41.7 Å². The maximum absolute atomic E-state index is 11.9. The highest BCUT2D eigenvalue weighted by Gasteiger charge is 2.45. The van der Waals surface area contributed by atoms with Crippen molar-refractivity contribution in [2.45, 2.75) is 49.6 Å². The monoisotopic (exact) mass is 463 g/mol. The zero-order chi connectivity index (χ0) is 22.5. The van der Waals surface area contributed by atoms with Crippen LogP contribution in [0.4, 0.5) is 0 Å². The van der Waals surface area contributed by atoms with Crippen molar-refractivity contribution < 1.29 is 35.0 Å². The quantitative estimate of drug-likeness (QED) is 0.155. The van der Waals surface area contributed by atoms with Gasteiger partial charge in [-0.1, -0.05) is 0 Å². The molecule has 0 saturated carbocycles. The van der Waals surface area contributed by atoms with Gasteiger partial charge in [-0.05, 0) is 23.7 Å². The molecule has 2 fully saturated rings. The van der Waals surface area contributed by atoms with Crippen LogP contribution in [-0.4, -0.2) is 103 Å². The number of rotatable bonds is 10. The second-order valence-electron chi connectivity index (χ2n) is 7.98. The molecule has 0 aromatic carbocycles. The number of aromatic amines is 1. The summed E-state index contributed by atoms with van der Waals surface area (Å²) in [5.41, 5.74) is -1.31. The van der Waals surface area contributed by atoms with E-state index in [9.17, 15) is 30.0 Å². The Balaban J connectivity index is 1.36. The minimum atomic E-state index is -1.34. The molecule has 176 valence electrons. The van der Waals surface area contributed by atoms with Crippen molar-refractivity contribution >= 4 is 10.9 Å². The van der Waals surface area contributed by atoms with Crippen molar-refractivity contribution in [3.8, 4) is 0 Å². The molecule has 31 heavy (non-hydrogen) atoms. The largest absolute Gasteiger partial charge is 0.394 e. The van der Waals surface area contributed by atoms with Crippen LogP contribution in [0.15, 0.2) is 21.9 Å². The molecule has 6 N–H and O–H groups in total. The van der Waals surface area contributed by atoms with Gasteiger partial charge in [-0.15, -0.1) is 0 Å².